The van der Waals surface area contributed by atoms with E-state index in [-0.39, 0.29) is 0 Å². The first kappa shape index (κ1) is 12.3. The molecule has 0 saturated carbocycles. The molecule has 0 aromatic heterocycles. The zero-order valence-electron chi connectivity index (χ0n) is 10.5. The van der Waals surface area contributed by atoms with Gasteiger partial charge in [-0.1, -0.05) is 18.0 Å². The van der Waals surface area contributed by atoms with Gasteiger partial charge in [-0.3, -0.25) is 4.90 Å². The van der Waals surface area contributed by atoms with Gasteiger partial charge >= 0.3 is 0 Å². The number of ether oxygens (including phenoxy) is 2. The summed E-state index contributed by atoms with van der Waals surface area (Å²) < 4.78 is 10.9. The molecule has 18 heavy (non-hydrogen) atoms. The minimum absolute atomic E-state index is 0.349. The van der Waals surface area contributed by atoms with E-state index in [1.807, 2.05) is 12.1 Å². The average Bonchev–Trinajstić information content (AvgIpc) is 2.40. The first-order valence-electron chi connectivity index (χ1n) is 6.57. The number of likely N-dealkylation sites (tertiary alicyclic amines) is 1. The number of hydrogen-bond acceptors (Lipinski definition) is 3. The smallest absolute Gasteiger partial charge is 0.189 e. The second-order valence-corrected chi connectivity index (χ2v) is 5.44. The first-order valence-corrected chi connectivity index (χ1v) is 6.95. The summed E-state index contributed by atoms with van der Waals surface area (Å²) in [5, 5.41) is 0.773. The third-order valence-corrected chi connectivity index (χ3v) is 3.81. The van der Waals surface area contributed by atoms with Crippen LogP contribution in [0.5, 0.6) is 5.75 Å². The van der Waals surface area contributed by atoms with Crippen LogP contribution >= 0.6 is 11.6 Å². The van der Waals surface area contributed by atoms with Crippen LogP contribution in [0.15, 0.2) is 12.1 Å². The molecular formula is C14H18ClNO2. The fraction of sp³-hybridized carbons (Fsp3) is 0.571. The Kier molecular flexibility index (Phi) is 3.73. The van der Waals surface area contributed by atoms with Gasteiger partial charge in [-0.15, -0.1) is 0 Å². The number of hydrogen-bond donors (Lipinski definition) is 0. The van der Waals surface area contributed by atoms with Crippen molar-refractivity contribution in [2.24, 2.45) is 0 Å². The van der Waals surface area contributed by atoms with Gasteiger partial charge in [-0.25, -0.2) is 0 Å². The van der Waals surface area contributed by atoms with E-state index in [4.69, 9.17) is 21.1 Å². The van der Waals surface area contributed by atoms with Crippen LogP contribution in [-0.4, -0.2) is 24.8 Å². The van der Waals surface area contributed by atoms with Crippen molar-refractivity contribution in [1.29, 1.82) is 0 Å². The Morgan fingerprint density at radius 1 is 1.17 bits per heavy atom. The molecule has 0 aliphatic carbocycles. The van der Waals surface area contributed by atoms with E-state index in [2.05, 4.69) is 4.90 Å². The number of rotatable bonds is 2. The van der Waals surface area contributed by atoms with Gasteiger partial charge in [-0.05, 0) is 38.1 Å². The molecule has 0 unspecified atom stereocenters. The number of nitrogens with zero attached hydrogens (tertiary/aromatic N) is 1. The molecule has 2 heterocycles. The third-order valence-electron chi connectivity index (χ3n) is 3.59. The fourth-order valence-corrected chi connectivity index (χ4v) is 3.00. The fourth-order valence-electron chi connectivity index (χ4n) is 2.73. The number of halogens is 1. The average molecular weight is 268 g/mol. The van der Waals surface area contributed by atoms with Crippen molar-refractivity contribution in [3.05, 3.63) is 28.3 Å². The SMILES string of the molecule is Clc1cc2c(c(CN3CCCCC3)c1)OCOC2. The van der Waals surface area contributed by atoms with Crippen molar-refractivity contribution in [2.75, 3.05) is 19.9 Å². The van der Waals surface area contributed by atoms with E-state index in [0.717, 1.165) is 22.9 Å². The highest BCUT2D eigenvalue weighted by Crippen LogP contribution is 2.32. The second kappa shape index (κ2) is 5.47. The topological polar surface area (TPSA) is 21.7 Å². The molecule has 1 fully saturated rings. The lowest BCUT2D eigenvalue weighted by Crippen LogP contribution is -2.29. The lowest BCUT2D eigenvalue weighted by molar-refractivity contribution is -0.0175. The Labute approximate surface area is 113 Å². The van der Waals surface area contributed by atoms with Gasteiger partial charge in [0, 0.05) is 22.7 Å². The molecule has 1 aromatic carbocycles. The van der Waals surface area contributed by atoms with Gasteiger partial charge in [0.25, 0.3) is 0 Å². The molecule has 0 amide bonds. The van der Waals surface area contributed by atoms with Crippen LogP contribution in [0.2, 0.25) is 5.02 Å². The van der Waals surface area contributed by atoms with Gasteiger partial charge in [0.15, 0.2) is 6.79 Å². The summed E-state index contributed by atoms with van der Waals surface area (Å²) in [5.41, 5.74) is 2.27. The minimum Gasteiger partial charge on any atom is -0.467 e. The molecule has 0 radical (unpaired) electrons. The van der Waals surface area contributed by atoms with Crippen LogP contribution in [0.1, 0.15) is 30.4 Å². The maximum absolute atomic E-state index is 6.17. The molecule has 1 saturated heterocycles. The molecule has 4 heteroatoms. The number of fused-ring (bicyclic) bond motifs is 1. The summed E-state index contributed by atoms with van der Waals surface area (Å²) in [4.78, 5) is 2.48. The zero-order valence-corrected chi connectivity index (χ0v) is 11.2. The largest absolute Gasteiger partial charge is 0.467 e. The normalized spacial score (nSPS) is 20.3. The van der Waals surface area contributed by atoms with Crippen LogP contribution in [0.3, 0.4) is 0 Å². The van der Waals surface area contributed by atoms with Crippen LogP contribution in [0.4, 0.5) is 0 Å². The summed E-state index contributed by atoms with van der Waals surface area (Å²) in [6.45, 7) is 4.24. The standard InChI is InChI=1S/C14H18ClNO2/c15-13-6-11(8-16-4-2-1-3-5-16)14-12(7-13)9-17-10-18-14/h6-7H,1-5,8-10H2. The Hall–Kier alpha value is -0.770. The minimum atomic E-state index is 0.349. The Morgan fingerprint density at radius 2 is 2.00 bits per heavy atom. The summed E-state index contributed by atoms with van der Waals surface area (Å²) in [7, 11) is 0. The van der Waals surface area contributed by atoms with E-state index in [1.165, 1.54) is 37.9 Å². The highest BCUT2D eigenvalue weighted by Gasteiger charge is 2.19. The number of benzene rings is 1. The highest BCUT2D eigenvalue weighted by atomic mass is 35.5. The molecule has 2 aliphatic heterocycles. The number of piperidine rings is 1. The highest BCUT2D eigenvalue weighted by molar-refractivity contribution is 6.30. The molecule has 0 spiro atoms. The summed E-state index contributed by atoms with van der Waals surface area (Å²) >= 11 is 6.17. The molecule has 0 N–H and O–H groups in total. The van der Waals surface area contributed by atoms with Crippen molar-refractivity contribution in [3.63, 3.8) is 0 Å². The van der Waals surface area contributed by atoms with Gasteiger partial charge < -0.3 is 9.47 Å². The van der Waals surface area contributed by atoms with Crippen molar-refractivity contribution in [1.82, 2.24) is 4.90 Å². The predicted octanol–water partition coefficient (Wildman–Crippen LogP) is 3.19. The molecular weight excluding hydrogens is 250 g/mol. The van der Waals surface area contributed by atoms with Crippen molar-refractivity contribution in [2.45, 2.75) is 32.4 Å². The van der Waals surface area contributed by atoms with E-state index in [1.54, 1.807) is 0 Å². The second-order valence-electron chi connectivity index (χ2n) is 5.00. The third kappa shape index (κ3) is 2.63. The quantitative estimate of drug-likeness (QED) is 0.821. The van der Waals surface area contributed by atoms with E-state index < -0.39 is 0 Å². The van der Waals surface area contributed by atoms with Crippen LogP contribution in [-0.2, 0) is 17.9 Å². The van der Waals surface area contributed by atoms with Crippen LogP contribution in [0.25, 0.3) is 0 Å². The van der Waals surface area contributed by atoms with Crippen LogP contribution in [0, 0.1) is 0 Å². The maximum atomic E-state index is 6.17. The molecule has 2 aliphatic rings. The van der Waals surface area contributed by atoms with Gasteiger partial charge in [0.05, 0.1) is 6.61 Å². The van der Waals surface area contributed by atoms with Crippen molar-refractivity contribution in [3.8, 4) is 5.75 Å². The van der Waals surface area contributed by atoms with Crippen molar-refractivity contribution < 1.29 is 9.47 Å². The molecule has 3 rings (SSSR count). The van der Waals surface area contributed by atoms with E-state index >= 15 is 0 Å². The Balaban J connectivity index is 1.83. The Morgan fingerprint density at radius 3 is 2.83 bits per heavy atom. The van der Waals surface area contributed by atoms with E-state index in [0.29, 0.717) is 13.4 Å². The lowest BCUT2D eigenvalue weighted by atomic mass is 10.1. The molecule has 3 nitrogen and oxygen atoms in total. The summed E-state index contributed by atoms with van der Waals surface area (Å²) in [6.07, 6.45) is 3.95. The molecule has 0 bridgehead atoms. The molecule has 0 atom stereocenters. The maximum Gasteiger partial charge on any atom is 0.189 e. The zero-order chi connectivity index (χ0) is 12.4. The first-order chi connectivity index (χ1) is 8.83. The monoisotopic (exact) mass is 267 g/mol. The molecule has 98 valence electrons. The van der Waals surface area contributed by atoms with Gasteiger partial charge in [0.1, 0.15) is 5.75 Å². The van der Waals surface area contributed by atoms with E-state index in [9.17, 15) is 0 Å². The van der Waals surface area contributed by atoms with Crippen LogP contribution < -0.4 is 4.74 Å². The summed E-state index contributed by atoms with van der Waals surface area (Å²) in [6, 6.07) is 3.97. The van der Waals surface area contributed by atoms with Gasteiger partial charge in [-0.2, -0.15) is 0 Å². The van der Waals surface area contributed by atoms with Crippen molar-refractivity contribution >= 4 is 11.6 Å². The predicted molar refractivity (Wildman–Crippen MR) is 70.9 cm³/mol. The molecule has 1 aromatic rings. The lowest BCUT2D eigenvalue weighted by Gasteiger charge is -2.28. The van der Waals surface area contributed by atoms with Gasteiger partial charge in [0.2, 0.25) is 0 Å². The Bertz CT molecular complexity index is 430. The summed E-state index contributed by atoms with van der Waals surface area (Å²) in [5.74, 6) is 0.983.